The van der Waals surface area contributed by atoms with Crippen LogP contribution in [0.25, 0.3) is 0 Å². The third-order valence-electron chi connectivity index (χ3n) is 3.17. The summed E-state index contributed by atoms with van der Waals surface area (Å²) in [7, 11) is -3.71. The van der Waals surface area contributed by atoms with Gasteiger partial charge in [-0.1, -0.05) is 24.3 Å². The molecule has 0 spiro atoms. The maximum atomic E-state index is 12.2. The van der Waals surface area contributed by atoms with Crippen LogP contribution in [0, 0.1) is 0 Å². The number of rotatable bonds is 4. The first-order chi connectivity index (χ1) is 10.3. The van der Waals surface area contributed by atoms with Crippen molar-refractivity contribution < 1.29 is 13.2 Å². The van der Waals surface area contributed by atoms with Gasteiger partial charge in [0.15, 0.2) is 0 Å². The predicted molar refractivity (Wildman–Crippen MR) is 87.8 cm³/mol. The molecule has 1 amide bonds. The number of hydrogen-bond acceptors (Lipinski definition) is 3. The molecule has 2 aromatic rings. The molecule has 0 saturated carbocycles. The molecule has 0 aliphatic carbocycles. The van der Waals surface area contributed by atoms with Gasteiger partial charge in [-0.3, -0.25) is 4.79 Å². The number of amides is 1. The molecule has 0 saturated heterocycles. The van der Waals surface area contributed by atoms with Gasteiger partial charge < -0.3 is 5.32 Å². The van der Waals surface area contributed by atoms with Crippen LogP contribution in [-0.2, 0) is 10.0 Å². The van der Waals surface area contributed by atoms with E-state index in [1.165, 1.54) is 12.1 Å². The number of benzene rings is 2. The maximum absolute atomic E-state index is 12.2. The van der Waals surface area contributed by atoms with Crippen molar-refractivity contribution in [2.45, 2.75) is 17.9 Å². The molecule has 0 aromatic heterocycles. The molecule has 7 heteroatoms. The van der Waals surface area contributed by atoms with Gasteiger partial charge in [-0.15, -0.1) is 0 Å². The molecule has 1 unspecified atom stereocenters. The number of halogens is 1. The van der Waals surface area contributed by atoms with Crippen LogP contribution in [0.4, 0.5) is 0 Å². The van der Waals surface area contributed by atoms with Crippen molar-refractivity contribution in [3.8, 4) is 0 Å². The molecule has 116 valence electrons. The minimum atomic E-state index is -3.71. The lowest BCUT2D eigenvalue weighted by Crippen LogP contribution is -2.27. The second-order valence-electron chi connectivity index (χ2n) is 4.79. The fraction of sp³-hybridized carbons (Fsp3) is 0.133. The minimum Gasteiger partial charge on any atom is -0.345 e. The highest BCUT2D eigenvalue weighted by atomic mass is 79.9. The van der Waals surface area contributed by atoms with E-state index in [4.69, 9.17) is 5.14 Å². The van der Waals surface area contributed by atoms with Crippen molar-refractivity contribution in [1.29, 1.82) is 0 Å². The molecule has 2 aromatic carbocycles. The first kappa shape index (κ1) is 16.7. The van der Waals surface area contributed by atoms with Gasteiger partial charge in [-0.25, -0.2) is 13.6 Å². The van der Waals surface area contributed by atoms with Gasteiger partial charge in [0.2, 0.25) is 10.0 Å². The number of nitrogens with two attached hydrogens (primary N) is 1. The van der Waals surface area contributed by atoms with Gasteiger partial charge in [0.25, 0.3) is 5.91 Å². The minimum absolute atomic E-state index is 0.0422. The maximum Gasteiger partial charge on any atom is 0.252 e. The molecule has 5 nitrogen and oxygen atoms in total. The number of carbonyl (C=O) groups is 1. The van der Waals surface area contributed by atoms with Gasteiger partial charge >= 0.3 is 0 Å². The van der Waals surface area contributed by atoms with E-state index in [2.05, 4.69) is 21.2 Å². The molecule has 0 aliphatic rings. The summed E-state index contributed by atoms with van der Waals surface area (Å²) in [6.07, 6.45) is 0. The highest BCUT2D eigenvalue weighted by Crippen LogP contribution is 2.19. The van der Waals surface area contributed by atoms with Gasteiger partial charge in [-0.05, 0) is 52.7 Å². The van der Waals surface area contributed by atoms with Crippen LogP contribution in [-0.4, -0.2) is 14.3 Å². The summed E-state index contributed by atoms with van der Waals surface area (Å²) in [4.78, 5) is 12.3. The fourth-order valence-electron chi connectivity index (χ4n) is 1.95. The van der Waals surface area contributed by atoms with Crippen molar-refractivity contribution in [2.24, 2.45) is 5.14 Å². The topological polar surface area (TPSA) is 89.3 Å². The van der Waals surface area contributed by atoms with Crippen molar-refractivity contribution in [3.05, 3.63) is 64.1 Å². The van der Waals surface area contributed by atoms with E-state index in [1.54, 1.807) is 30.3 Å². The first-order valence-corrected chi connectivity index (χ1v) is 8.81. The first-order valence-electron chi connectivity index (χ1n) is 6.47. The van der Waals surface area contributed by atoms with Crippen LogP contribution in [0.2, 0.25) is 0 Å². The summed E-state index contributed by atoms with van der Waals surface area (Å²) in [5.41, 5.74) is 1.32. The van der Waals surface area contributed by atoms with Gasteiger partial charge in [0.1, 0.15) is 0 Å². The highest BCUT2D eigenvalue weighted by Gasteiger charge is 2.14. The summed E-state index contributed by atoms with van der Waals surface area (Å²) < 4.78 is 23.1. The Morgan fingerprint density at radius 1 is 1.14 bits per heavy atom. The summed E-state index contributed by atoms with van der Waals surface area (Å²) in [5.74, 6) is -0.213. The van der Waals surface area contributed by atoms with E-state index in [1.807, 2.05) is 13.0 Å². The molecule has 0 fully saturated rings. The Morgan fingerprint density at radius 2 is 1.73 bits per heavy atom. The van der Waals surface area contributed by atoms with Crippen LogP contribution >= 0.6 is 15.9 Å². The second-order valence-corrected chi connectivity index (χ2v) is 7.20. The summed E-state index contributed by atoms with van der Waals surface area (Å²) in [6.45, 7) is 1.82. The Kier molecular flexibility index (Phi) is 5.00. The summed E-state index contributed by atoms with van der Waals surface area (Å²) in [6, 6.07) is 13.0. The van der Waals surface area contributed by atoms with E-state index in [-0.39, 0.29) is 16.8 Å². The summed E-state index contributed by atoms with van der Waals surface area (Å²) >= 11 is 3.33. The zero-order chi connectivity index (χ0) is 16.3. The van der Waals surface area contributed by atoms with Crippen molar-refractivity contribution in [2.75, 3.05) is 0 Å². The van der Waals surface area contributed by atoms with Crippen LogP contribution in [0.15, 0.2) is 57.9 Å². The SMILES string of the molecule is CC(NC(=O)c1ccccc1Br)c1ccc(S(N)(=O)=O)cc1. The Labute approximate surface area is 137 Å². The molecule has 0 bridgehead atoms. The van der Waals surface area contributed by atoms with Crippen LogP contribution in [0.1, 0.15) is 28.9 Å². The van der Waals surface area contributed by atoms with Crippen molar-refractivity contribution >= 4 is 31.9 Å². The number of nitrogens with one attached hydrogen (secondary N) is 1. The van der Waals surface area contributed by atoms with Gasteiger partial charge in [0.05, 0.1) is 16.5 Å². The second kappa shape index (κ2) is 6.60. The lowest BCUT2D eigenvalue weighted by atomic mass is 10.1. The van der Waals surface area contributed by atoms with E-state index in [0.29, 0.717) is 10.0 Å². The molecule has 1 atom stereocenters. The van der Waals surface area contributed by atoms with Crippen molar-refractivity contribution in [1.82, 2.24) is 5.32 Å². The normalized spacial score (nSPS) is 12.7. The van der Waals surface area contributed by atoms with Gasteiger partial charge in [-0.2, -0.15) is 0 Å². The van der Waals surface area contributed by atoms with Crippen LogP contribution in [0.5, 0.6) is 0 Å². The van der Waals surface area contributed by atoms with E-state index < -0.39 is 10.0 Å². The zero-order valence-corrected chi connectivity index (χ0v) is 14.2. The smallest absolute Gasteiger partial charge is 0.252 e. The third kappa shape index (κ3) is 3.94. The van der Waals surface area contributed by atoms with E-state index in [9.17, 15) is 13.2 Å². The molecule has 3 N–H and O–H groups in total. The standard InChI is InChI=1S/C15H15BrN2O3S/c1-10(11-6-8-12(9-7-11)22(17,20)21)18-15(19)13-4-2-3-5-14(13)16/h2-10H,1H3,(H,18,19)(H2,17,20,21). The number of sulfonamides is 1. The molecular formula is C15H15BrN2O3S. The molecule has 22 heavy (non-hydrogen) atoms. The molecule has 0 radical (unpaired) electrons. The molecule has 2 rings (SSSR count). The average Bonchev–Trinajstić information content (AvgIpc) is 2.46. The van der Waals surface area contributed by atoms with Gasteiger partial charge in [0, 0.05) is 4.47 Å². The number of hydrogen-bond donors (Lipinski definition) is 2. The highest BCUT2D eigenvalue weighted by molar-refractivity contribution is 9.10. The molecule has 0 heterocycles. The lowest BCUT2D eigenvalue weighted by Gasteiger charge is -2.15. The van der Waals surface area contributed by atoms with E-state index >= 15 is 0 Å². The number of carbonyl (C=O) groups excluding carboxylic acids is 1. The fourth-order valence-corrected chi connectivity index (χ4v) is 2.93. The Bertz CT molecular complexity index is 789. The zero-order valence-electron chi connectivity index (χ0n) is 11.8. The Hall–Kier alpha value is -1.70. The van der Waals surface area contributed by atoms with Crippen LogP contribution < -0.4 is 10.5 Å². The lowest BCUT2D eigenvalue weighted by molar-refractivity contribution is 0.0939. The molecular weight excluding hydrogens is 368 g/mol. The number of primary sulfonamides is 1. The van der Waals surface area contributed by atoms with Crippen LogP contribution in [0.3, 0.4) is 0 Å². The Morgan fingerprint density at radius 3 is 2.27 bits per heavy atom. The summed E-state index contributed by atoms with van der Waals surface area (Å²) in [5, 5.41) is 7.92. The largest absolute Gasteiger partial charge is 0.345 e. The van der Waals surface area contributed by atoms with E-state index in [0.717, 1.165) is 5.56 Å². The average molecular weight is 383 g/mol. The Balaban J connectivity index is 2.14. The monoisotopic (exact) mass is 382 g/mol. The predicted octanol–water partition coefficient (Wildman–Crippen LogP) is 2.59. The van der Waals surface area contributed by atoms with Crippen molar-refractivity contribution in [3.63, 3.8) is 0 Å². The quantitative estimate of drug-likeness (QED) is 0.851. The molecule has 0 aliphatic heterocycles. The third-order valence-corrected chi connectivity index (χ3v) is 4.80.